The van der Waals surface area contributed by atoms with Crippen molar-refractivity contribution >= 4 is 17.4 Å². The van der Waals surface area contributed by atoms with Crippen LogP contribution in [0.2, 0.25) is 0 Å². The quantitative estimate of drug-likeness (QED) is 0.904. The molecule has 1 atom stereocenters. The van der Waals surface area contributed by atoms with Gasteiger partial charge in [0.05, 0.1) is 14.2 Å². The highest BCUT2D eigenvalue weighted by Crippen LogP contribution is 2.39. The molecule has 3 nitrogen and oxygen atoms in total. The first-order valence-electron chi connectivity index (χ1n) is 6.99. The molecular weight excluding hydrogens is 282 g/mol. The number of ether oxygens (including phenoxy) is 2. The third-order valence-electron chi connectivity index (χ3n) is 3.73. The molecule has 2 aromatic carbocycles. The van der Waals surface area contributed by atoms with Gasteiger partial charge in [-0.1, -0.05) is 18.2 Å². The predicted molar refractivity (Wildman–Crippen MR) is 87.9 cm³/mol. The second-order valence-corrected chi connectivity index (χ2v) is 6.06. The Balaban J connectivity index is 1.69. The van der Waals surface area contributed by atoms with Crippen molar-refractivity contribution in [2.75, 3.05) is 31.8 Å². The van der Waals surface area contributed by atoms with Gasteiger partial charge < -0.3 is 14.8 Å². The molecule has 0 aromatic heterocycles. The summed E-state index contributed by atoms with van der Waals surface area (Å²) < 4.78 is 10.6. The summed E-state index contributed by atoms with van der Waals surface area (Å²) in [5.74, 6) is 3.20. The molecule has 0 aliphatic carbocycles. The summed E-state index contributed by atoms with van der Waals surface area (Å²) in [4.78, 5) is 1.41. The minimum atomic E-state index is 0.555. The first-order chi connectivity index (χ1) is 10.3. The van der Waals surface area contributed by atoms with Gasteiger partial charge in [0.1, 0.15) is 0 Å². The highest BCUT2D eigenvalue weighted by molar-refractivity contribution is 7.99. The summed E-state index contributed by atoms with van der Waals surface area (Å²) in [7, 11) is 3.31. The molecule has 1 aliphatic rings. The first kappa shape index (κ1) is 14.1. The lowest BCUT2D eigenvalue weighted by atomic mass is 10.0. The summed E-state index contributed by atoms with van der Waals surface area (Å²) in [6.07, 6.45) is 0. The van der Waals surface area contributed by atoms with Crippen LogP contribution in [0.25, 0.3) is 0 Å². The Morgan fingerprint density at radius 2 is 1.90 bits per heavy atom. The van der Waals surface area contributed by atoms with Crippen LogP contribution in [-0.4, -0.2) is 26.5 Å². The first-order valence-corrected chi connectivity index (χ1v) is 7.98. The maximum absolute atomic E-state index is 5.34. The fourth-order valence-corrected chi connectivity index (χ4v) is 3.84. The van der Waals surface area contributed by atoms with Gasteiger partial charge >= 0.3 is 0 Å². The molecule has 0 fully saturated rings. The Hall–Kier alpha value is -1.81. The van der Waals surface area contributed by atoms with Crippen LogP contribution < -0.4 is 14.8 Å². The van der Waals surface area contributed by atoms with Crippen molar-refractivity contribution in [1.82, 2.24) is 0 Å². The molecule has 4 heteroatoms. The van der Waals surface area contributed by atoms with Crippen LogP contribution in [0.5, 0.6) is 11.5 Å². The van der Waals surface area contributed by atoms with E-state index in [1.165, 1.54) is 10.5 Å². The van der Waals surface area contributed by atoms with Crippen LogP contribution in [0.4, 0.5) is 5.69 Å². The summed E-state index contributed by atoms with van der Waals surface area (Å²) in [6, 6.07) is 14.6. The number of methoxy groups -OCH3 is 2. The Bertz CT molecular complexity index is 630. The molecule has 0 radical (unpaired) electrons. The van der Waals surface area contributed by atoms with Crippen molar-refractivity contribution in [3.63, 3.8) is 0 Å². The van der Waals surface area contributed by atoms with Crippen LogP contribution in [0.3, 0.4) is 0 Å². The molecule has 110 valence electrons. The van der Waals surface area contributed by atoms with Gasteiger partial charge in [0.25, 0.3) is 0 Å². The van der Waals surface area contributed by atoms with Crippen molar-refractivity contribution in [2.45, 2.75) is 10.8 Å². The molecule has 2 aromatic rings. The number of hydrogen-bond donors (Lipinski definition) is 1. The number of anilines is 1. The van der Waals surface area contributed by atoms with Crippen LogP contribution in [0.1, 0.15) is 11.5 Å². The van der Waals surface area contributed by atoms with Crippen LogP contribution in [0.15, 0.2) is 47.4 Å². The summed E-state index contributed by atoms with van der Waals surface area (Å²) in [5.41, 5.74) is 2.51. The average molecular weight is 301 g/mol. The largest absolute Gasteiger partial charge is 0.493 e. The topological polar surface area (TPSA) is 30.5 Å². The molecule has 1 aliphatic heterocycles. The van der Waals surface area contributed by atoms with Crippen LogP contribution in [-0.2, 0) is 0 Å². The van der Waals surface area contributed by atoms with Gasteiger partial charge in [-0.05, 0) is 23.8 Å². The van der Waals surface area contributed by atoms with Gasteiger partial charge in [-0.2, -0.15) is 0 Å². The van der Waals surface area contributed by atoms with Crippen molar-refractivity contribution in [2.24, 2.45) is 0 Å². The van der Waals surface area contributed by atoms with Crippen molar-refractivity contribution in [3.8, 4) is 11.5 Å². The molecule has 3 rings (SSSR count). The number of benzene rings is 2. The van der Waals surface area contributed by atoms with Crippen LogP contribution >= 0.6 is 11.8 Å². The van der Waals surface area contributed by atoms with Gasteiger partial charge in [-0.15, -0.1) is 11.8 Å². The van der Waals surface area contributed by atoms with E-state index in [1.54, 1.807) is 14.2 Å². The smallest absolute Gasteiger partial charge is 0.162 e. The molecule has 21 heavy (non-hydrogen) atoms. The van der Waals surface area contributed by atoms with Crippen molar-refractivity contribution in [3.05, 3.63) is 48.0 Å². The Kier molecular flexibility index (Phi) is 4.25. The van der Waals surface area contributed by atoms with E-state index in [4.69, 9.17) is 9.47 Å². The molecular formula is C17H19NO2S. The molecule has 0 saturated heterocycles. The molecule has 1 unspecified atom stereocenters. The van der Waals surface area contributed by atoms with Gasteiger partial charge in [-0.3, -0.25) is 0 Å². The molecule has 1 N–H and O–H groups in total. The van der Waals surface area contributed by atoms with E-state index in [1.807, 2.05) is 30.0 Å². The molecule has 0 amide bonds. The Morgan fingerprint density at radius 3 is 2.71 bits per heavy atom. The van der Waals surface area contributed by atoms with E-state index in [-0.39, 0.29) is 0 Å². The number of fused-ring (bicyclic) bond motifs is 1. The minimum absolute atomic E-state index is 0.555. The lowest BCUT2D eigenvalue weighted by molar-refractivity contribution is 0.355. The molecule has 0 saturated carbocycles. The fraction of sp³-hybridized carbons (Fsp3) is 0.294. The maximum atomic E-state index is 5.34. The van der Waals surface area contributed by atoms with Crippen molar-refractivity contribution in [1.29, 1.82) is 0 Å². The van der Waals surface area contributed by atoms with E-state index in [2.05, 4.69) is 29.6 Å². The average Bonchev–Trinajstić information content (AvgIpc) is 2.96. The lowest BCUT2D eigenvalue weighted by Gasteiger charge is -2.15. The van der Waals surface area contributed by atoms with E-state index in [0.717, 1.165) is 29.5 Å². The number of thioether (sulfide) groups is 1. The zero-order chi connectivity index (χ0) is 14.7. The monoisotopic (exact) mass is 301 g/mol. The van der Waals surface area contributed by atoms with Gasteiger partial charge in [0.2, 0.25) is 0 Å². The molecule has 0 bridgehead atoms. The maximum Gasteiger partial charge on any atom is 0.162 e. The number of nitrogens with one attached hydrogen (secondary N) is 1. The third kappa shape index (κ3) is 2.95. The van der Waals surface area contributed by atoms with E-state index >= 15 is 0 Å². The second kappa shape index (κ2) is 6.31. The predicted octanol–water partition coefficient (Wildman–Crippen LogP) is 4.01. The van der Waals surface area contributed by atoms with Gasteiger partial charge in [0, 0.05) is 34.9 Å². The fourth-order valence-electron chi connectivity index (χ4n) is 2.59. The van der Waals surface area contributed by atoms with E-state index in [9.17, 15) is 0 Å². The normalized spacial score (nSPS) is 16.4. The van der Waals surface area contributed by atoms with Crippen molar-refractivity contribution < 1.29 is 9.47 Å². The second-order valence-electron chi connectivity index (χ2n) is 5.00. The van der Waals surface area contributed by atoms with Crippen LogP contribution in [0, 0.1) is 0 Å². The summed E-state index contributed by atoms with van der Waals surface area (Å²) in [6.45, 7) is 0.930. The number of rotatable bonds is 5. The summed E-state index contributed by atoms with van der Waals surface area (Å²) in [5, 5.41) is 3.50. The minimum Gasteiger partial charge on any atom is -0.493 e. The van der Waals surface area contributed by atoms with E-state index < -0.39 is 0 Å². The Labute approximate surface area is 129 Å². The standard InChI is InChI=1S/C17H19NO2S/c1-19-15-8-7-13(9-16(15)20-2)18-10-12-11-21-17-6-4-3-5-14(12)17/h3-9,12,18H,10-11H2,1-2H3. The highest BCUT2D eigenvalue weighted by Gasteiger charge is 2.22. The molecule has 1 heterocycles. The third-order valence-corrected chi connectivity index (χ3v) is 4.99. The zero-order valence-electron chi connectivity index (χ0n) is 12.3. The lowest BCUT2D eigenvalue weighted by Crippen LogP contribution is -2.12. The van der Waals surface area contributed by atoms with Gasteiger partial charge in [0.15, 0.2) is 11.5 Å². The Morgan fingerprint density at radius 1 is 1.10 bits per heavy atom. The highest BCUT2D eigenvalue weighted by atomic mass is 32.2. The van der Waals surface area contributed by atoms with Gasteiger partial charge in [-0.25, -0.2) is 0 Å². The zero-order valence-corrected chi connectivity index (χ0v) is 13.1. The SMILES string of the molecule is COc1ccc(NCC2CSc3ccccc32)cc1OC. The molecule has 0 spiro atoms. The van der Waals surface area contributed by atoms with E-state index in [0.29, 0.717) is 5.92 Å². The summed E-state index contributed by atoms with van der Waals surface area (Å²) >= 11 is 1.94. The number of hydrogen-bond acceptors (Lipinski definition) is 4.